The number of nitrogens with zero attached hydrogens (tertiary/aromatic N) is 2. The molecule has 3 aromatic rings. The number of benzene rings is 1. The lowest BCUT2D eigenvalue weighted by atomic mass is 10.1. The van der Waals surface area contributed by atoms with E-state index in [1.807, 2.05) is 35.9 Å². The van der Waals surface area contributed by atoms with E-state index in [4.69, 9.17) is 14.2 Å². The molecule has 0 atom stereocenters. The van der Waals surface area contributed by atoms with E-state index in [-0.39, 0.29) is 5.91 Å². The average Bonchev–Trinajstić information content (AvgIpc) is 3.06. The Hall–Kier alpha value is -3.22. The molecule has 0 unspecified atom stereocenters. The molecule has 0 fully saturated rings. The van der Waals surface area contributed by atoms with Crippen molar-refractivity contribution >= 4 is 11.6 Å². The van der Waals surface area contributed by atoms with Gasteiger partial charge >= 0.3 is 0 Å². The number of pyridine rings is 1. The molecule has 26 heavy (non-hydrogen) atoms. The first-order valence-electron chi connectivity index (χ1n) is 8.08. The summed E-state index contributed by atoms with van der Waals surface area (Å²) < 4.78 is 17.8. The van der Waals surface area contributed by atoms with Crippen LogP contribution in [0.15, 0.2) is 36.7 Å². The van der Waals surface area contributed by atoms with E-state index in [1.165, 1.54) is 21.3 Å². The zero-order valence-electron chi connectivity index (χ0n) is 15.2. The Bertz CT molecular complexity index is 924. The average molecular weight is 355 g/mol. The van der Waals surface area contributed by atoms with Crippen LogP contribution in [-0.4, -0.2) is 36.6 Å². The number of ether oxygens (including phenoxy) is 3. The van der Waals surface area contributed by atoms with Gasteiger partial charge in [0.25, 0.3) is 5.91 Å². The maximum absolute atomic E-state index is 12.5. The number of carbonyl (C=O) groups is 1. The van der Waals surface area contributed by atoms with Gasteiger partial charge in [-0.2, -0.15) is 0 Å². The molecular formula is C19H21N3O4. The molecule has 0 aliphatic heterocycles. The summed E-state index contributed by atoms with van der Waals surface area (Å²) in [6, 6.07) is 7.17. The molecule has 0 saturated carbocycles. The van der Waals surface area contributed by atoms with Crippen LogP contribution in [0.5, 0.6) is 17.2 Å². The number of hydrogen-bond acceptors (Lipinski definition) is 5. The number of aryl methyl sites for hydroxylation is 1. The van der Waals surface area contributed by atoms with Gasteiger partial charge in [-0.05, 0) is 30.7 Å². The molecule has 0 aliphatic rings. The van der Waals surface area contributed by atoms with Crippen LogP contribution in [0.25, 0.3) is 5.65 Å². The van der Waals surface area contributed by atoms with Gasteiger partial charge in [0.1, 0.15) is 5.65 Å². The van der Waals surface area contributed by atoms with E-state index < -0.39 is 0 Å². The van der Waals surface area contributed by atoms with E-state index in [2.05, 4.69) is 10.3 Å². The molecule has 1 N–H and O–H groups in total. The van der Waals surface area contributed by atoms with E-state index in [0.29, 0.717) is 29.4 Å². The SMILES string of the molecule is COc1cc(C(=O)NCc2cn3cc(C)ccc3n2)cc(OC)c1OC. The van der Waals surface area contributed by atoms with Crippen LogP contribution in [0.2, 0.25) is 0 Å². The number of nitrogens with one attached hydrogen (secondary N) is 1. The summed E-state index contributed by atoms with van der Waals surface area (Å²) in [6.07, 6.45) is 3.89. The molecular weight excluding hydrogens is 334 g/mol. The Morgan fingerprint density at radius 1 is 1.08 bits per heavy atom. The smallest absolute Gasteiger partial charge is 0.251 e. The van der Waals surface area contributed by atoms with Crippen molar-refractivity contribution in [2.75, 3.05) is 21.3 Å². The molecule has 1 aromatic carbocycles. The molecule has 1 amide bonds. The standard InChI is InChI=1S/C19H21N3O4/c1-12-5-6-17-21-14(11-22(17)10-12)9-20-19(23)13-7-15(24-2)18(26-4)16(8-13)25-3/h5-8,10-11H,9H2,1-4H3,(H,20,23). The second kappa shape index (κ2) is 7.35. The molecule has 3 rings (SSSR count). The van der Waals surface area contributed by atoms with Crippen molar-refractivity contribution in [3.05, 3.63) is 53.5 Å². The summed E-state index contributed by atoms with van der Waals surface area (Å²) in [5.74, 6) is 1.06. The monoisotopic (exact) mass is 355 g/mol. The predicted molar refractivity (Wildman–Crippen MR) is 97.2 cm³/mol. The quantitative estimate of drug-likeness (QED) is 0.736. The lowest BCUT2D eigenvalue weighted by molar-refractivity contribution is 0.0949. The first kappa shape index (κ1) is 17.6. The summed E-state index contributed by atoms with van der Waals surface area (Å²) in [6.45, 7) is 2.33. The fourth-order valence-electron chi connectivity index (χ4n) is 2.73. The number of aromatic nitrogens is 2. The number of fused-ring (bicyclic) bond motifs is 1. The van der Waals surface area contributed by atoms with Crippen molar-refractivity contribution in [1.29, 1.82) is 0 Å². The van der Waals surface area contributed by atoms with Gasteiger partial charge in [0.15, 0.2) is 11.5 Å². The fraction of sp³-hybridized carbons (Fsp3) is 0.263. The summed E-state index contributed by atoms with van der Waals surface area (Å²) in [5, 5.41) is 2.86. The second-order valence-electron chi connectivity index (χ2n) is 5.80. The van der Waals surface area contributed by atoms with Gasteiger partial charge in [0.05, 0.1) is 33.6 Å². The van der Waals surface area contributed by atoms with Crippen LogP contribution < -0.4 is 19.5 Å². The van der Waals surface area contributed by atoms with Gasteiger partial charge in [-0.25, -0.2) is 4.98 Å². The Labute approximate surface area is 151 Å². The summed E-state index contributed by atoms with van der Waals surface area (Å²) in [5.41, 5.74) is 3.17. The van der Waals surface area contributed by atoms with Gasteiger partial charge in [0, 0.05) is 18.0 Å². The topological polar surface area (TPSA) is 74.1 Å². The molecule has 0 saturated heterocycles. The Balaban J connectivity index is 1.78. The highest BCUT2D eigenvalue weighted by Crippen LogP contribution is 2.38. The number of amides is 1. The summed E-state index contributed by atoms with van der Waals surface area (Å²) in [7, 11) is 4.54. The van der Waals surface area contributed by atoms with E-state index in [1.54, 1.807) is 12.1 Å². The molecule has 2 aromatic heterocycles. The number of methoxy groups -OCH3 is 3. The van der Waals surface area contributed by atoms with Crippen molar-refractivity contribution in [3.8, 4) is 17.2 Å². The highest BCUT2D eigenvalue weighted by molar-refractivity contribution is 5.95. The maximum Gasteiger partial charge on any atom is 0.251 e. The molecule has 0 aliphatic carbocycles. The molecule has 2 heterocycles. The zero-order chi connectivity index (χ0) is 18.7. The number of imidazole rings is 1. The van der Waals surface area contributed by atoms with Crippen molar-refractivity contribution in [1.82, 2.24) is 14.7 Å². The first-order chi connectivity index (χ1) is 12.5. The van der Waals surface area contributed by atoms with Crippen molar-refractivity contribution in [2.24, 2.45) is 0 Å². The van der Waals surface area contributed by atoms with Crippen molar-refractivity contribution < 1.29 is 19.0 Å². The fourth-order valence-corrected chi connectivity index (χ4v) is 2.73. The van der Waals surface area contributed by atoms with Crippen LogP contribution in [-0.2, 0) is 6.54 Å². The Kier molecular flexibility index (Phi) is 4.97. The van der Waals surface area contributed by atoms with Crippen LogP contribution in [0.4, 0.5) is 0 Å². The van der Waals surface area contributed by atoms with E-state index >= 15 is 0 Å². The molecule has 7 heteroatoms. The number of rotatable bonds is 6. The van der Waals surface area contributed by atoms with Crippen LogP contribution in [0.1, 0.15) is 21.6 Å². The van der Waals surface area contributed by atoms with Gasteiger partial charge in [0.2, 0.25) is 5.75 Å². The minimum absolute atomic E-state index is 0.252. The van der Waals surface area contributed by atoms with E-state index in [0.717, 1.165) is 16.9 Å². The van der Waals surface area contributed by atoms with Crippen LogP contribution >= 0.6 is 0 Å². The third-order valence-corrected chi connectivity index (χ3v) is 4.01. The lowest BCUT2D eigenvalue weighted by Crippen LogP contribution is -2.23. The van der Waals surface area contributed by atoms with E-state index in [9.17, 15) is 4.79 Å². The molecule has 136 valence electrons. The third kappa shape index (κ3) is 3.42. The normalized spacial score (nSPS) is 10.6. The number of carbonyl (C=O) groups excluding carboxylic acids is 1. The number of hydrogen-bond donors (Lipinski definition) is 1. The van der Waals surface area contributed by atoms with Crippen LogP contribution in [0, 0.1) is 6.92 Å². The van der Waals surface area contributed by atoms with Gasteiger partial charge < -0.3 is 23.9 Å². The Morgan fingerprint density at radius 3 is 2.38 bits per heavy atom. The van der Waals surface area contributed by atoms with Gasteiger partial charge in [-0.1, -0.05) is 6.07 Å². The highest BCUT2D eigenvalue weighted by Gasteiger charge is 2.17. The first-order valence-corrected chi connectivity index (χ1v) is 8.08. The Morgan fingerprint density at radius 2 is 1.77 bits per heavy atom. The third-order valence-electron chi connectivity index (χ3n) is 4.01. The molecule has 7 nitrogen and oxygen atoms in total. The molecule has 0 bridgehead atoms. The zero-order valence-corrected chi connectivity index (χ0v) is 15.2. The lowest BCUT2D eigenvalue weighted by Gasteiger charge is -2.13. The predicted octanol–water partition coefficient (Wildman–Crippen LogP) is 2.60. The summed E-state index contributed by atoms with van der Waals surface area (Å²) in [4.78, 5) is 17.0. The van der Waals surface area contributed by atoms with Crippen molar-refractivity contribution in [3.63, 3.8) is 0 Å². The van der Waals surface area contributed by atoms with Gasteiger partial charge in [-0.15, -0.1) is 0 Å². The van der Waals surface area contributed by atoms with Crippen LogP contribution in [0.3, 0.4) is 0 Å². The van der Waals surface area contributed by atoms with Gasteiger partial charge in [-0.3, -0.25) is 4.79 Å². The largest absolute Gasteiger partial charge is 0.493 e. The second-order valence-corrected chi connectivity index (χ2v) is 5.80. The maximum atomic E-state index is 12.5. The minimum atomic E-state index is -0.252. The minimum Gasteiger partial charge on any atom is -0.493 e. The summed E-state index contributed by atoms with van der Waals surface area (Å²) >= 11 is 0. The molecule has 0 spiro atoms. The van der Waals surface area contributed by atoms with Crippen molar-refractivity contribution in [2.45, 2.75) is 13.5 Å². The highest BCUT2D eigenvalue weighted by atomic mass is 16.5. The molecule has 0 radical (unpaired) electrons.